The Morgan fingerprint density at radius 2 is 1.79 bits per heavy atom. The first-order chi connectivity index (χ1) is 13.1. The molecule has 1 amide bonds. The maximum absolute atomic E-state index is 11.8. The molecular weight excluding hydrogens is 372 g/mol. The van der Waals surface area contributed by atoms with Crippen LogP contribution in [0.1, 0.15) is 38.8 Å². The number of carboxylic acids is 1. The van der Waals surface area contributed by atoms with Crippen molar-refractivity contribution in [3.05, 3.63) is 34.7 Å². The maximum atomic E-state index is 11.8. The van der Waals surface area contributed by atoms with Gasteiger partial charge in [-0.25, -0.2) is 14.4 Å². The molecule has 2 N–H and O–H groups in total. The highest BCUT2D eigenvalue weighted by atomic mass is 16.6. The second-order valence-corrected chi connectivity index (χ2v) is 6.77. The van der Waals surface area contributed by atoms with Crippen molar-refractivity contribution < 1.29 is 33.7 Å². The highest BCUT2D eigenvalue weighted by Gasteiger charge is 2.25. The molecule has 0 heterocycles. The number of esters is 1. The zero-order valence-electron chi connectivity index (χ0n) is 16.1. The summed E-state index contributed by atoms with van der Waals surface area (Å²) < 4.78 is 15.3. The van der Waals surface area contributed by atoms with Crippen molar-refractivity contribution in [2.45, 2.75) is 44.9 Å². The van der Waals surface area contributed by atoms with Crippen LogP contribution in [-0.4, -0.2) is 48.5 Å². The fourth-order valence-corrected chi connectivity index (χ4v) is 2.13. The predicted octanol–water partition coefficient (Wildman–Crippen LogP) is 2.41. The number of ether oxygens (including phenoxy) is 3. The van der Waals surface area contributed by atoms with E-state index in [4.69, 9.17) is 14.6 Å². The van der Waals surface area contributed by atoms with Gasteiger partial charge >= 0.3 is 18.0 Å². The lowest BCUT2D eigenvalue weighted by Crippen LogP contribution is -2.44. The van der Waals surface area contributed by atoms with Crippen LogP contribution in [0.3, 0.4) is 0 Å². The highest BCUT2D eigenvalue weighted by molar-refractivity contribution is 5.81. The molecule has 10 nitrogen and oxygen atoms in total. The number of nitroso groups, excluding NO2 is 1. The largest absolute Gasteiger partial charge is 0.494 e. The van der Waals surface area contributed by atoms with E-state index in [1.807, 2.05) is 0 Å². The van der Waals surface area contributed by atoms with Gasteiger partial charge in [-0.15, -0.1) is 4.91 Å². The molecule has 0 radical (unpaired) electrons. The van der Waals surface area contributed by atoms with E-state index in [0.717, 1.165) is 0 Å². The molecule has 2 atom stereocenters. The normalized spacial score (nSPS) is 13.0. The van der Waals surface area contributed by atoms with Gasteiger partial charge in [-0.2, -0.15) is 0 Å². The topological polar surface area (TPSA) is 141 Å². The van der Waals surface area contributed by atoms with E-state index in [0.29, 0.717) is 5.75 Å². The Kier molecular flexibility index (Phi) is 8.36. The highest BCUT2D eigenvalue weighted by Crippen LogP contribution is 2.21. The van der Waals surface area contributed by atoms with Gasteiger partial charge in [0.1, 0.15) is 17.4 Å². The average molecular weight is 396 g/mol. The summed E-state index contributed by atoms with van der Waals surface area (Å²) in [6.07, 6.45) is -0.644. The Hall–Kier alpha value is -3.17. The van der Waals surface area contributed by atoms with Crippen LogP contribution in [0.5, 0.6) is 5.75 Å². The average Bonchev–Trinajstić information content (AvgIpc) is 2.60. The lowest BCUT2D eigenvalue weighted by Gasteiger charge is -2.22. The molecule has 2 unspecified atom stereocenters. The Balaban J connectivity index is 2.64. The number of carbonyl (C=O) groups excluding carboxylic acids is 2. The van der Waals surface area contributed by atoms with Crippen LogP contribution in [0, 0.1) is 4.91 Å². The predicted molar refractivity (Wildman–Crippen MR) is 97.9 cm³/mol. The van der Waals surface area contributed by atoms with Crippen molar-refractivity contribution in [3.63, 3.8) is 0 Å². The summed E-state index contributed by atoms with van der Waals surface area (Å²) in [4.78, 5) is 45.2. The number of rotatable bonds is 9. The number of benzene rings is 1. The second-order valence-electron chi connectivity index (χ2n) is 6.77. The molecule has 0 aromatic heterocycles. The van der Waals surface area contributed by atoms with Crippen molar-refractivity contribution in [1.29, 1.82) is 0 Å². The van der Waals surface area contributed by atoms with Crippen molar-refractivity contribution in [3.8, 4) is 5.75 Å². The van der Waals surface area contributed by atoms with Crippen molar-refractivity contribution in [2.75, 3.05) is 13.7 Å². The summed E-state index contributed by atoms with van der Waals surface area (Å²) in [6.45, 7) is 5.15. The van der Waals surface area contributed by atoms with E-state index in [1.165, 1.54) is 31.4 Å². The molecule has 0 saturated carbocycles. The third-order valence-corrected chi connectivity index (χ3v) is 3.39. The Morgan fingerprint density at radius 3 is 2.25 bits per heavy atom. The fourth-order valence-electron chi connectivity index (χ4n) is 2.13. The van der Waals surface area contributed by atoms with Gasteiger partial charge in [0.2, 0.25) is 6.04 Å². The van der Waals surface area contributed by atoms with Crippen molar-refractivity contribution >= 4 is 18.0 Å². The number of alkyl carbamates (subject to hydrolysis) is 1. The van der Waals surface area contributed by atoms with Gasteiger partial charge in [-0.3, -0.25) is 0 Å². The molecule has 154 valence electrons. The number of amides is 1. The quantitative estimate of drug-likeness (QED) is 0.479. The number of hydrogen-bond donors (Lipinski definition) is 2. The number of methoxy groups -OCH3 is 1. The first-order valence-electron chi connectivity index (χ1n) is 8.42. The van der Waals surface area contributed by atoms with Crippen LogP contribution in [0.4, 0.5) is 4.79 Å². The Bertz CT molecular complexity index is 697. The minimum atomic E-state index is -1.49. The standard InChI is InChI=1S/C18H24N2O8/c1-18(2,3)28-17(24)19-13(16(23)26-4)9-10-27-12-7-5-11(6-8-12)14(20-25)15(21)22/h5-8,13-14H,9-10H2,1-4H3,(H,19,24)(H,21,22). The van der Waals surface area contributed by atoms with Crippen LogP contribution in [0.2, 0.25) is 0 Å². The van der Waals surface area contributed by atoms with Crippen LogP contribution in [0.25, 0.3) is 0 Å². The number of aliphatic carboxylic acids is 1. The summed E-state index contributed by atoms with van der Waals surface area (Å²) in [6, 6.07) is 3.32. The molecule has 0 aliphatic heterocycles. The molecular formula is C18H24N2O8. The summed E-state index contributed by atoms with van der Waals surface area (Å²) in [5.41, 5.74) is -0.499. The van der Waals surface area contributed by atoms with E-state index in [-0.39, 0.29) is 18.6 Å². The lowest BCUT2D eigenvalue weighted by molar-refractivity contribution is -0.143. The maximum Gasteiger partial charge on any atom is 0.408 e. The first-order valence-corrected chi connectivity index (χ1v) is 8.42. The lowest BCUT2D eigenvalue weighted by atomic mass is 10.1. The molecule has 10 heteroatoms. The van der Waals surface area contributed by atoms with E-state index in [2.05, 4.69) is 15.2 Å². The number of nitrogens with zero attached hydrogens (tertiary/aromatic N) is 1. The molecule has 0 bridgehead atoms. The molecule has 1 rings (SSSR count). The van der Waals surface area contributed by atoms with Gasteiger partial charge in [0.05, 0.1) is 13.7 Å². The van der Waals surface area contributed by atoms with Crippen LogP contribution >= 0.6 is 0 Å². The number of carboxylic acid groups (broad SMARTS) is 1. The van der Waals surface area contributed by atoms with E-state index in [1.54, 1.807) is 20.8 Å². The van der Waals surface area contributed by atoms with Gasteiger partial charge in [0.25, 0.3) is 0 Å². The summed E-state index contributed by atoms with van der Waals surface area (Å²) in [7, 11) is 1.20. The monoisotopic (exact) mass is 396 g/mol. The second kappa shape index (κ2) is 10.2. The summed E-state index contributed by atoms with van der Waals surface area (Å²) in [5.74, 6) is -1.61. The third-order valence-electron chi connectivity index (χ3n) is 3.39. The fraction of sp³-hybridized carbons (Fsp3) is 0.500. The van der Waals surface area contributed by atoms with Crippen molar-refractivity contribution in [1.82, 2.24) is 5.32 Å². The Labute approximate surface area is 162 Å². The van der Waals surface area contributed by atoms with Gasteiger partial charge in [-0.1, -0.05) is 12.1 Å². The van der Waals surface area contributed by atoms with Gasteiger partial charge in [0, 0.05) is 6.42 Å². The number of hydrogen-bond acceptors (Lipinski definition) is 8. The van der Waals surface area contributed by atoms with Crippen molar-refractivity contribution in [2.24, 2.45) is 5.18 Å². The molecule has 1 aromatic rings. The SMILES string of the molecule is COC(=O)C(CCOc1ccc(C(N=O)C(=O)O)cc1)NC(=O)OC(C)(C)C. The first kappa shape index (κ1) is 22.9. The molecule has 0 fully saturated rings. The third kappa shape index (κ3) is 7.60. The minimum absolute atomic E-state index is 0.0587. The molecule has 0 spiro atoms. The molecule has 0 aliphatic carbocycles. The van der Waals surface area contributed by atoms with Gasteiger partial charge < -0.3 is 24.6 Å². The van der Waals surface area contributed by atoms with Crippen LogP contribution in [0.15, 0.2) is 29.4 Å². The number of carbonyl (C=O) groups is 3. The van der Waals surface area contributed by atoms with Crippen LogP contribution in [-0.2, 0) is 19.1 Å². The molecule has 0 saturated heterocycles. The molecule has 0 aliphatic rings. The van der Waals surface area contributed by atoms with E-state index in [9.17, 15) is 19.3 Å². The molecule has 28 heavy (non-hydrogen) atoms. The molecule has 1 aromatic carbocycles. The van der Waals surface area contributed by atoms with E-state index >= 15 is 0 Å². The zero-order chi connectivity index (χ0) is 21.3. The zero-order valence-corrected chi connectivity index (χ0v) is 16.1. The minimum Gasteiger partial charge on any atom is -0.494 e. The van der Waals surface area contributed by atoms with Crippen LogP contribution < -0.4 is 10.1 Å². The summed E-state index contributed by atoms with van der Waals surface area (Å²) in [5, 5.41) is 13.9. The van der Waals surface area contributed by atoms with E-state index < -0.39 is 35.7 Å². The van der Waals surface area contributed by atoms with Gasteiger partial charge in [-0.05, 0) is 43.6 Å². The summed E-state index contributed by atoms with van der Waals surface area (Å²) >= 11 is 0. The Morgan fingerprint density at radius 1 is 1.18 bits per heavy atom. The number of nitrogens with one attached hydrogen (secondary N) is 1. The van der Waals surface area contributed by atoms with Gasteiger partial charge in [0.15, 0.2) is 0 Å². The smallest absolute Gasteiger partial charge is 0.408 e.